The molecule has 0 fully saturated rings. The number of aliphatic imine (C=N–C) groups is 1. The normalized spacial score (nSPS) is 13.2. The number of H-pyrrole nitrogens is 1. The Bertz CT molecular complexity index is 1530. The van der Waals surface area contributed by atoms with Crippen LogP contribution in [0, 0.1) is 0 Å². The minimum atomic E-state index is -0.0130. The van der Waals surface area contributed by atoms with Gasteiger partial charge in [0.2, 0.25) is 5.91 Å². The van der Waals surface area contributed by atoms with Crippen LogP contribution in [0.4, 0.5) is 11.4 Å². The van der Waals surface area contributed by atoms with E-state index in [2.05, 4.69) is 9.88 Å². The molecule has 0 spiro atoms. The van der Waals surface area contributed by atoms with Crippen molar-refractivity contribution in [3.05, 3.63) is 76.8 Å². The quantitative estimate of drug-likeness (QED) is 0.274. The van der Waals surface area contributed by atoms with Crippen LogP contribution in [0.15, 0.2) is 65.7 Å². The standard InChI is InChI=1S/C30H31ClN4O4/c1-4-27(36)35(14-13-34(2)3)22-9-7-21(8-10-22)32-29(19-5-12-25-26(17-19)39-16-15-38-25)28-23-11-6-20(31)18-24(23)33-30(28)37/h5-12,17-18,33,37H,4,13-16H2,1-3H3. The van der Waals surface area contributed by atoms with Gasteiger partial charge in [-0.1, -0.05) is 24.6 Å². The lowest BCUT2D eigenvalue weighted by atomic mass is 10.00. The number of nitrogens with one attached hydrogen (secondary N) is 1. The van der Waals surface area contributed by atoms with Crippen molar-refractivity contribution in [2.45, 2.75) is 13.3 Å². The number of fused-ring (bicyclic) bond motifs is 2. The van der Waals surface area contributed by atoms with E-state index in [9.17, 15) is 9.90 Å². The zero-order valence-electron chi connectivity index (χ0n) is 22.2. The third-order valence-corrected chi connectivity index (χ3v) is 6.80. The van der Waals surface area contributed by atoms with Crippen molar-refractivity contribution >= 4 is 45.5 Å². The third kappa shape index (κ3) is 5.72. The lowest BCUT2D eigenvalue weighted by Crippen LogP contribution is -2.36. The van der Waals surface area contributed by atoms with Gasteiger partial charge in [-0.05, 0) is 68.7 Å². The van der Waals surface area contributed by atoms with Gasteiger partial charge in [0.25, 0.3) is 0 Å². The molecule has 202 valence electrons. The number of hydrogen-bond acceptors (Lipinski definition) is 6. The summed E-state index contributed by atoms with van der Waals surface area (Å²) in [6.07, 6.45) is 0.422. The van der Waals surface area contributed by atoms with E-state index in [4.69, 9.17) is 26.1 Å². The van der Waals surface area contributed by atoms with Crippen molar-refractivity contribution < 1.29 is 19.4 Å². The molecule has 8 nitrogen and oxygen atoms in total. The molecule has 0 bridgehead atoms. The Labute approximate surface area is 232 Å². The number of nitrogens with zero attached hydrogens (tertiary/aromatic N) is 3. The molecule has 0 radical (unpaired) electrons. The van der Waals surface area contributed by atoms with Crippen LogP contribution in [-0.4, -0.2) is 67.0 Å². The molecule has 1 aliphatic heterocycles. The number of halogens is 1. The average molecular weight is 547 g/mol. The Balaban J connectivity index is 1.59. The highest BCUT2D eigenvalue weighted by Crippen LogP contribution is 2.36. The first-order chi connectivity index (χ1) is 18.8. The van der Waals surface area contributed by atoms with E-state index in [1.165, 1.54) is 0 Å². The molecular weight excluding hydrogens is 516 g/mol. The van der Waals surface area contributed by atoms with Gasteiger partial charge in [-0.25, -0.2) is 4.99 Å². The molecule has 0 atom stereocenters. The van der Waals surface area contributed by atoms with Crippen molar-refractivity contribution in [2.24, 2.45) is 4.99 Å². The number of hydrogen-bond donors (Lipinski definition) is 2. The zero-order valence-corrected chi connectivity index (χ0v) is 23.0. The predicted octanol–water partition coefficient (Wildman–Crippen LogP) is 5.77. The van der Waals surface area contributed by atoms with E-state index in [0.717, 1.165) is 23.2 Å². The Morgan fingerprint density at radius 1 is 1.00 bits per heavy atom. The molecule has 0 unspecified atom stereocenters. The highest BCUT2D eigenvalue weighted by atomic mass is 35.5. The molecule has 2 heterocycles. The smallest absolute Gasteiger partial charge is 0.226 e. The number of ether oxygens (including phenoxy) is 2. The number of rotatable bonds is 8. The second-order valence-electron chi connectivity index (χ2n) is 9.58. The summed E-state index contributed by atoms with van der Waals surface area (Å²) in [5.74, 6) is 1.34. The summed E-state index contributed by atoms with van der Waals surface area (Å²) in [7, 11) is 3.97. The summed E-state index contributed by atoms with van der Waals surface area (Å²) in [5, 5.41) is 12.3. The second kappa shape index (κ2) is 11.4. The van der Waals surface area contributed by atoms with E-state index in [1.54, 1.807) is 17.0 Å². The summed E-state index contributed by atoms with van der Waals surface area (Å²) in [6.45, 7) is 4.17. The van der Waals surface area contributed by atoms with Crippen LogP contribution in [0.1, 0.15) is 24.5 Å². The van der Waals surface area contributed by atoms with Crippen molar-refractivity contribution in [3.63, 3.8) is 0 Å². The van der Waals surface area contributed by atoms with Crippen LogP contribution in [0.2, 0.25) is 5.02 Å². The molecule has 5 rings (SSSR count). The minimum Gasteiger partial charge on any atom is -0.494 e. The van der Waals surface area contributed by atoms with E-state index >= 15 is 0 Å². The second-order valence-corrected chi connectivity index (χ2v) is 10.0. The van der Waals surface area contributed by atoms with Gasteiger partial charge in [0, 0.05) is 41.2 Å². The first-order valence-electron chi connectivity index (χ1n) is 12.9. The van der Waals surface area contributed by atoms with E-state index in [0.29, 0.717) is 65.2 Å². The van der Waals surface area contributed by atoms with Crippen LogP contribution in [-0.2, 0) is 4.79 Å². The molecule has 1 amide bonds. The van der Waals surface area contributed by atoms with Gasteiger partial charge in [-0.2, -0.15) is 0 Å². The maximum absolute atomic E-state index is 12.6. The van der Waals surface area contributed by atoms with Gasteiger partial charge >= 0.3 is 0 Å². The highest BCUT2D eigenvalue weighted by molar-refractivity contribution is 6.31. The van der Waals surface area contributed by atoms with Crippen molar-refractivity contribution in [2.75, 3.05) is 45.3 Å². The number of anilines is 1. The molecule has 39 heavy (non-hydrogen) atoms. The third-order valence-electron chi connectivity index (χ3n) is 6.57. The minimum absolute atomic E-state index is 0.0130. The van der Waals surface area contributed by atoms with Crippen molar-refractivity contribution in [3.8, 4) is 17.4 Å². The molecular formula is C30H31ClN4O4. The average Bonchev–Trinajstić information content (AvgIpc) is 3.26. The van der Waals surface area contributed by atoms with Gasteiger partial charge in [0.05, 0.1) is 22.5 Å². The monoisotopic (exact) mass is 546 g/mol. The van der Waals surface area contributed by atoms with Crippen molar-refractivity contribution in [1.29, 1.82) is 0 Å². The van der Waals surface area contributed by atoms with Crippen molar-refractivity contribution in [1.82, 2.24) is 9.88 Å². The molecule has 1 aliphatic rings. The number of aromatic nitrogens is 1. The number of benzene rings is 3. The molecule has 4 aromatic rings. The molecule has 0 saturated heterocycles. The number of carbonyl (C=O) groups is 1. The van der Waals surface area contributed by atoms with E-state index in [-0.39, 0.29) is 11.8 Å². The fourth-order valence-corrected chi connectivity index (χ4v) is 4.75. The molecule has 2 N–H and O–H groups in total. The number of carbonyl (C=O) groups excluding carboxylic acids is 1. The maximum atomic E-state index is 12.6. The van der Waals surface area contributed by atoms with Crippen LogP contribution in [0.3, 0.4) is 0 Å². The molecule has 0 saturated carbocycles. The van der Waals surface area contributed by atoms with Crippen LogP contribution >= 0.6 is 11.6 Å². The molecule has 0 aliphatic carbocycles. The van der Waals surface area contributed by atoms with E-state index in [1.807, 2.05) is 69.6 Å². The number of aromatic hydroxyl groups is 1. The number of aromatic amines is 1. The lowest BCUT2D eigenvalue weighted by Gasteiger charge is -2.24. The molecule has 1 aromatic heterocycles. The lowest BCUT2D eigenvalue weighted by molar-refractivity contribution is -0.118. The van der Waals surface area contributed by atoms with E-state index < -0.39 is 0 Å². The number of amides is 1. The first kappa shape index (κ1) is 26.6. The van der Waals surface area contributed by atoms with Gasteiger partial charge in [0.1, 0.15) is 13.2 Å². The summed E-state index contributed by atoms with van der Waals surface area (Å²) >= 11 is 6.21. The topological polar surface area (TPSA) is 90.4 Å². The summed E-state index contributed by atoms with van der Waals surface area (Å²) in [5.41, 5.74) is 4.04. The first-order valence-corrected chi connectivity index (χ1v) is 13.3. The zero-order chi connectivity index (χ0) is 27.5. The van der Waals surface area contributed by atoms with Gasteiger partial charge in [-0.3, -0.25) is 4.79 Å². The largest absolute Gasteiger partial charge is 0.494 e. The Kier molecular flexibility index (Phi) is 7.77. The molecule has 9 heteroatoms. The number of likely N-dealkylation sites (N-methyl/N-ethyl adjacent to an activating group) is 1. The summed E-state index contributed by atoms with van der Waals surface area (Å²) < 4.78 is 11.5. The fourth-order valence-electron chi connectivity index (χ4n) is 4.58. The summed E-state index contributed by atoms with van der Waals surface area (Å²) in [6, 6.07) is 18.6. The van der Waals surface area contributed by atoms with Crippen LogP contribution in [0.25, 0.3) is 10.9 Å². The SMILES string of the molecule is CCC(=O)N(CCN(C)C)c1ccc(N=C(c2ccc3c(c2)OCCO3)c2c(O)[nH]c3cc(Cl)ccc23)cc1. The predicted molar refractivity (Wildman–Crippen MR) is 155 cm³/mol. The van der Waals surface area contributed by atoms with Crippen LogP contribution < -0.4 is 14.4 Å². The summed E-state index contributed by atoms with van der Waals surface area (Å²) in [4.78, 5) is 24.5. The van der Waals surface area contributed by atoms with Gasteiger partial charge in [-0.15, -0.1) is 0 Å². The highest BCUT2D eigenvalue weighted by Gasteiger charge is 2.22. The Hall–Kier alpha value is -4.01. The fraction of sp³-hybridized carbons (Fsp3) is 0.267. The Morgan fingerprint density at radius 3 is 2.46 bits per heavy atom. The van der Waals surface area contributed by atoms with Gasteiger partial charge < -0.3 is 29.4 Å². The Morgan fingerprint density at radius 2 is 1.74 bits per heavy atom. The maximum Gasteiger partial charge on any atom is 0.226 e. The van der Waals surface area contributed by atoms with Crippen LogP contribution in [0.5, 0.6) is 17.4 Å². The molecule has 3 aromatic carbocycles. The van der Waals surface area contributed by atoms with Gasteiger partial charge in [0.15, 0.2) is 17.4 Å².